The van der Waals surface area contributed by atoms with Crippen molar-refractivity contribution in [2.45, 2.75) is 20.0 Å². The van der Waals surface area contributed by atoms with E-state index in [1.165, 1.54) is 0 Å². The van der Waals surface area contributed by atoms with Crippen molar-refractivity contribution in [2.24, 2.45) is 0 Å². The van der Waals surface area contributed by atoms with E-state index in [1.807, 2.05) is 68.5 Å². The minimum Gasteiger partial charge on any atom is -0.490 e. The third-order valence-electron chi connectivity index (χ3n) is 2.74. The van der Waals surface area contributed by atoms with Crippen LogP contribution in [0, 0.1) is 0 Å². The van der Waals surface area contributed by atoms with E-state index in [1.54, 1.807) is 12.1 Å². The Morgan fingerprint density at radius 2 is 1.65 bits per heavy atom. The Labute approximate surface area is 119 Å². The topological polar surface area (TPSA) is 26.3 Å². The standard InChI is InChI=1S/C18H18O2/c1-14(2)20-18-11-7-6-10-16(18)17(19)13-12-15-8-4-3-5-9-15/h3-14H,1-2H3/b13-12+. The van der Waals surface area contributed by atoms with E-state index in [2.05, 4.69) is 0 Å². The molecule has 2 aromatic carbocycles. The molecule has 0 aliphatic rings. The van der Waals surface area contributed by atoms with Gasteiger partial charge in [0.05, 0.1) is 11.7 Å². The molecule has 0 aromatic heterocycles. The molecule has 102 valence electrons. The lowest BCUT2D eigenvalue weighted by molar-refractivity contribution is 0.104. The number of benzene rings is 2. The minimum absolute atomic E-state index is 0.0436. The van der Waals surface area contributed by atoms with Gasteiger partial charge in [0.25, 0.3) is 0 Å². The maximum absolute atomic E-state index is 12.3. The highest BCUT2D eigenvalue weighted by Crippen LogP contribution is 2.20. The molecule has 2 rings (SSSR count). The molecule has 0 heterocycles. The van der Waals surface area contributed by atoms with Gasteiger partial charge in [0.2, 0.25) is 0 Å². The fourth-order valence-electron chi connectivity index (χ4n) is 1.85. The van der Waals surface area contributed by atoms with E-state index in [0.717, 1.165) is 5.56 Å². The molecular formula is C18H18O2. The molecule has 2 heteroatoms. The molecule has 0 unspecified atom stereocenters. The van der Waals surface area contributed by atoms with Crippen molar-refractivity contribution in [3.63, 3.8) is 0 Å². The van der Waals surface area contributed by atoms with Crippen LogP contribution in [-0.4, -0.2) is 11.9 Å². The Morgan fingerprint density at radius 1 is 1.00 bits per heavy atom. The van der Waals surface area contributed by atoms with E-state index in [9.17, 15) is 4.79 Å². The predicted octanol–water partition coefficient (Wildman–Crippen LogP) is 4.37. The molecule has 0 spiro atoms. The predicted molar refractivity (Wildman–Crippen MR) is 82.0 cm³/mol. The molecule has 0 saturated heterocycles. The quantitative estimate of drug-likeness (QED) is 0.593. The van der Waals surface area contributed by atoms with Crippen molar-refractivity contribution in [1.29, 1.82) is 0 Å². The molecule has 2 aromatic rings. The largest absolute Gasteiger partial charge is 0.490 e. The highest BCUT2D eigenvalue weighted by atomic mass is 16.5. The summed E-state index contributed by atoms with van der Waals surface area (Å²) in [4.78, 5) is 12.3. The number of rotatable bonds is 5. The van der Waals surface area contributed by atoms with Crippen LogP contribution in [-0.2, 0) is 0 Å². The van der Waals surface area contributed by atoms with E-state index in [0.29, 0.717) is 11.3 Å². The maximum Gasteiger partial charge on any atom is 0.189 e. The Balaban J connectivity index is 2.19. The first-order valence-corrected chi connectivity index (χ1v) is 6.70. The van der Waals surface area contributed by atoms with Crippen LogP contribution < -0.4 is 4.74 Å². The molecule has 0 aliphatic heterocycles. The third-order valence-corrected chi connectivity index (χ3v) is 2.74. The summed E-state index contributed by atoms with van der Waals surface area (Å²) in [7, 11) is 0. The van der Waals surface area contributed by atoms with Crippen molar-refractivity contribution < 1.29 is 9.53 Å². The van der Waals surface area contributed by atoms with Crippen LogP contribution in [0.15, 0.2) is 60.7 Å². The zero-order valence-electron chi connectivity index (χ0n) is 11.7. The Kier molecular flexibility index (Phi) is 4.72. The second kappa shape index (κ2) is 6.71. The highest BCUT2D eigenvalue weighted by Gasteiger charge is 2.10. The average Bonchev–Trinajstić information content (AvgIpc) is 2.46. The molecule has 20 heavy (non-hydrogen) atoms. The zero-order valence-corrected chi connectivity index (χ0v) is 11.7. The van der Waals surface area contributed by atoms with Crippen LogP contribution in [0.25, 0.3) is 6.08 Å². The summed E-state index contributed by atoms with van der Waals surface area (Å²) in [6.45, 7) is 3.89. The van der Waals surface area contributed by atoms with E-state index < -0.39 is 0 Å². The van der Waals surface area contributed by atoms with Crippen molar-refractivity contribution in [1.82, 2.24) is 0 Å². The molecule has 2 nitrogen and oxygen atoms in total. The second-order valence-corrected chi connectivity index (χ2v) is 4.77. The van der Waals surface area contributed by atoms with Crippen LogP contribution >= 0.6 is 0 Å². The van der Waals surface area contributed by atoms with Crippen molar-refractivity contribution in [2.75, 3.05) is 0 Å². The molecule has 0 bridgehead atoms. The first-order chi connectivity index (χ1) is 9.66. The van der Waals surface area contributed by atoms with Gasteiger partial charge in [-0.3, -0.25) is 4.79 Å². The molecule has 0 atom stereocenters. The zero-order chi connectivity index (χ0) is 14.4. The van der Waals surface area contributed by atoms with E-state index in [-0.39, 0.29) is 11.9 Å². The van der Waals surface area contributed by atoms with Crippen molar-refractivity contribution in [3.8, 4) is 5.75 Å². The minimum atomic E-state index is -0.0508. The van der Waals surface area contributed by atoms with Gasteiger partial charge in [-0.1, -0.05) is 48.5 Å². The third kappa shape index (κ3) is 3.82. The number of carbonyl (C=O) groups excluding carboxylic acids is 1. The summed E-state index contributed by atoms with van der Waals surface area (Å²) in [5.74, 6) is 0.579. The number of ketones is 1. The van der Waals surface area contributed by atoms with Gasteiger partial charge in [-0.15, -0.1) is 0 Å². The van der Waals surface area contributed by atoms with Gasteiger partial charge in [0.1, 0.15) is 5.75 Å². The summed E-state index contributed by atoms with van der Waals surface area (Å²) in [6, 6.07) is 17.1. The molecule has 0 fully saturated rings. The lowest BCUT2D eigenvalue weighted by atomic mass is 10.1. The molecule has 0 aliphatic carbocycles. The Hall–Kier alpha value is -2.35. The van der Waals surface area contributed by atoms with Crippen LogP contribution in [0.2, 0.25) is 0 Å². The van der Waals surface area contributed by atoms with Gasteiger partial charge in [-0.05, 0) is 37.6 Å². The highest BCUT2D eigenvalue weighted by molar-refractivity contribution is 6.08. The summed E-state index contributed by atoms with van der Waals surface area (Å²) in [5, 5.41) is 0. The normalized spacial score (nSPS) is 10.9. The van der Waals surface area contributed by atoms with E-state index >= 15 is 0 Å². The number of ether oxygens (including phenoxy) is 1. The van der Waals surface area contributed by atoms with Crippen LogP contribution in [0.3, 0.4) is 0 Å². The Morgan fingerprint density at radius 3 is 2.35 bits per heavy atom. The lowest BCUT2D eigenvalue weighted by Gasteiger charge is -2.12. The van der Waals surface area contributed by atoms with Gasteiger partial charge in [-0.2, -0.15) is 0 Å². The monoisotopic (exact) mass is 266 g/mol. The maximum atomic E-state index is 12.3. The number of hydrogen-bond acceptors (Lipinski definition) is 2. The van der Waals surface area contributed by atoms with Crippen LogP contribution in [0.4, 0.5) is 0 Å². The smallest absolute Gasteiger partial charge is 0.189 e. The van der Waals surface area contributed by atoms with Crippen molar-refractivity contribution >= 4 is 11.9 Å². The number of carbonyl (C=O) groups is 1. The van der Waals surface area contributed by atoms with Crippen LogP contribution in [0.5, 0.6) is 5.75 Å². The van der Waals surface area contributed by atoms with Gasteiger partial charge < -0.3 is 4.74 Å². The summed E-state index contributed by atoms with van der Waals surface area (Å²) >= 11 is 0. The fraction of sp³-hybridized carbons (Fsp3) is 0.167. The SMILES string of the molecule is CC(C)Oc1ccccc1C(=O)/C=C/c1ccccc1. The lowest BCUT2D eigenvalue weighted by Crippen LogP contribution is -2.09. The Bertz CT molecular complexity index is 598. The van der Waals surface area contributed by atoms with Gasteiger partial charge >= 0.3 is 0 Å². The molecular weight excluding hydrogens is 248 g/mol. The van der Waals surface area contributed by atoms with Gasteiger partial charge in [0, 0.05) is 0 Å². The first kappa shape index (κ1) is 14.1. The summed E-state index contributed by atoms with van der Waals surface area (Å²) in [6.07, 6.45) is 3.44. The van der Waals surface area contributed by atoms with Crippen molar-refractivity contribution in [3.05, 3.63) is 71.8 Å². The molecule has 0 amide bonds. The van der Waals surface area contributed by atoms with Gasteiger partial charge in [-0.25, -0.2) is 0 Å². The number of hydrogen-bond donors (Lipinski definition) is 0. The molecule has 0 N–H and O–H groups in total. The van der Waals surface area contributed by atoms with Crippen LogP contribution in [0.1, 0.15) is 29.8 Å². The number of allylic oxidation sites excluding steroid dienone is 1. The molecule has 0 saturated carbocycles. The first-order valence-electron chi connectivity index (χ1n) is 6.70. The average molecular weight is 266 g/mol. The number of para-hydroxylation sites is 1. The van der Waals surface area contributed by atoms with Gasteiger partial charge in [0.15, 0.2) is 5.78 Å². The fourth-order valence-corrected chi connectivity index (χ4v) is 1.85. The second-order valence-electron chi connectivity index (χ2n) is 4.77. The van der Waals surface area contributed by atoms with E-state index in [4.69, 9.17) is 4.74 Å². The summed E-state index contributed by atoms with van der Waals surface area (Å²) < 4.78 is 5.66. The summed E-state index contributed by atoms with van der Waals surface area (Å²) in [5.41, 5.74) is 1.59. The molecule has 0 radical (unpaired) electrons.